The van der Waals surface area contributed by atoms with E-state index in [4.69, 9.17) is 17.3 Å². The van der Waals surface area contributed by atoms with Crippen LogP contribution in [0.25, 0.3) is 0 Å². The maximum atomic E-state index is 6.15. The van der Waals surface area contributed by atoms with Crippen LogP contribution in [0.15, 0.2) is 36.4 Å². The lowest BCUT2D eigenvalue weighted by molar-refractivity contribution is 0.149. The average molecular weight is 206 g/mol. The molecule has 2 N–H and O–H groups in total. The van der Waals surface area contributed by atoms with Crippen molar-refractivity contribution in [2.75, 3.05) is 0 Å². The highest BCUT2D eigenvalue weighted by molar-refractivity contribution is 6.31. The van der Waals surface area contributed by atoms with Gasteiger partial charge in [0.25, 0.3) is 0 Å². The smallest absolute Gasteiger partial charge is 0.0441 e. The first-order chi connectivity index (χ1) is 6.79. The van der Waals surface area contributed by atoms with Crippen LogP contribution in [0.4, 0.5) is 0 Å². The van der Waals surface area contributed by atoms with E-state index >= 15 is 0 Å². The number of rotatable bonds is 1. The molecule has 0 radical (unpaired) electrons. The molecule has 0 aliphatic heterocycles. The maximum absolute atomic E-state index is 6.15. The van der Waals surface area contributed by atoms with Crippen LogP contribution >= 0.6 is 11.6 Å². The SMILES string of the molecule is N[C@@H]1C2C=CC2[C@H]1c1ccccc1Cl. The Labute approximate surface area is 88.6 Å². The van der Waals surface area contributed by atoms with Gasteiger partial charge in [0.05, 0.1) is 0 Å². The second-order valence-corrected chi connectivity index (χ2v) is 4.57. The fraction of sp³-hybridized carbons (Fsp3) is 0.333. The molecule has 14 heavy (non-hydrogen) atoms. The normalized spacial score (nSPS) is 38.4. The van der Waals surface area contributed by atoms with Gasteiger partial charge < -0.3 is 5.73 Å². The minimum absolute atomic E-state index is 0.268. The van der Waals surface area contributed by atoms with Crippen LogP contribution in [0, 0.1) is 11.8 Å². The van der Waals surface area contributed by atoms with Crippen molar-refractivity contribution in [2.24, 2.45) is 17.6 Å². The van der Waals surface area contributed by atoms with Gasteiger partial charge in [0, 0.05) is 17.0 Å². The van der Waals surface area contributed by atoms with Gasteiger partial charge in [0.15, 0.2) is 0 Å². The molecule has 0 spiro atoms. The van der Waals surface area contributed by atoms with Crippen LogP contribution < -0.4 is 5.73 Å². The fourth-order valence-electron chi connectivity index (χ4n) is 2.62. The molecule has 0 saturated heterocycles. The van der Waals surface area contributed by atoms with Crippen LogP contribution in [0.2, 0.25) is 5.02 Å². The third kappa shape index (κ3) is 0.943. The summed E-state index contributed by atoms with van der Waals surface area (Å²) in [4.78, 5) is 0. The van der Waals surface area contributed by atoms with E-state index in [9.17, 15) is 0 Å². The van der Waals surface area contributed by atoms with E-state index < -0.39 is 0 Å². The Balaban J connectivity index is 1.97. The van der Waals surface area contributed by atoms with Gasteiger partial charge >= 0.3 is 0 Å². The molecule has 72 valence electrons. The molecular formula is C12H12ClN. The summed E-state index contributed by atoms with van der Waals surface area (Å²) < 4.78 is 0. The lowest BCUT2D eigenvalue weighted by atomic mass is 9.53. The number of allylic oxidation sites excluding steroid dienone is 1. The topological polar surface area (TPSA) is 26.0 Å². The number of benzene rings is 1. The largest absolute Gasteiger partial charge is 0.327 e. The van der Waals surface area contributed by atoms with Crippen molar-refractivity contribution in [2.45, 2.75) is 12.0 Å². The van der Waals surface area contributed by atoms with E-state index in [-0.39, 0.29) is 6.04 Å². The van der Waals surface area contributed by atoms with Gasteiger partial charge in [-0.15, -0.1) is 0 Å². The minimum Gasteiger partial charge on any atom is -0.327 e. The lowest BCUT2D eigenvalue weighted by Crippen LogP contribution is -2.56. The van der Waals surface area contributed by atoms with Crippen molar-refractivity contribution in [1.29, 1.82) is 0 Å². The maximum Gasteiger partial charge on any atom is 0.0441 e. The van der Waals surface area contributed by atoms with E-state index in [0.717, 1.165) is 5.02 Å². The van der Waals surface area contributed by atoms with Crippen molar-refractivity contribution in [3.8, 4) is 0 Å². The Bertz CT molecular complexity index is 399. The molecule has 2 heteroatoms. The molecule has 0 heterocycles. The molecule has 0 bridgehead atoms. The van der Waals surface area contributed by atoms with Crippen LogP contribution in [0.3, 0.4) is 0 Å². The van der Waals surface area contributed by atoms with Gasteiger partial charge in [-0.2, -0.15) is 0 Å². The van der Waals surface area contributed by atoms with Gasteiger partial charge in [0.1, 0.15) is 0 Å². The Morgan fingerprint density at radius 3 is 2.36 bits per heavy atom. The summed E-state index contributed by atoms with van der Waals surface area (Å²) in [6.45, 7) is 0. The molecule has 2 aliphatic rings. The van der Waals surface area contributed by atoms with Crippen LogP contribution in [0.1, 0.15) is 11.5 Å². The predicted octanol–water partition coefficient (Wildman–Crippen LogP) is 2.57. The van der Waals surface area contributed by atoms with Crippen molar-refractivity contribution < 1.29 is 0 Å². The van der Waals surface area contributed by atoms with Gasteiger partial charge in [-0.3, -0.25) is 0 Å². The Kier molecular flexibility index (Phi) is 1.73. The standard InChI is InChI=1S/C12H12ClN/c13-10-4-2-1-3-9(10)11-7-5-6-8(7)12(11)14/h1-8,11-12H,14H2/t7?,8?,11-,12+/m0/s1. The number of nitrogens with two attached hydrogens (primary N) is 1. The van der Waals surface area contributed by atoms with Gasteiger partial charge in [-0.1, -0.05) is 42.0 Å². The van der Waals surface area contributed by atoms with Crippen molar-refractivity contribution in [3.05, 3.63) is 47.0 Å². The summed E-state index contributed by atoms with van der Waals surface area (Å²) in [5.41, 5.74) is 7.31. The summed E-state index contributed by atoms with van der Waals surface area (Å²) in [5.74, 6) is 1.69. The van der Waals surface area contributed by atoms with Gasteiger partial charge in [-0.05, 0) is 23.5 Å². The molecule has 1 fully saturated rings. The van der Waals surface area contributed by atoms with E-state index in [1.54, 1.807) is 0 Å². The Morgan fingerprint density at radius 1 is 1.07 bits per heavy atom. The second-order valence-electron chi connectivity index (χ2n) is 4.16. The van der Waals surface area contributed by atoms with Gasteiger partial charge in [-0.25, -0.2) is 0 Å². The summed E-state index contributed by atoms with van der Waals surface area (Å²) >= 11 is 6.15. The fourth-order valence-corrected chi connectivity index (χ4v) is 2.88. The third-order valence-electron chi connectivity index (χ3n) is 3.54. The summed E-state index contributed by atoms with van der Waals surface area (Å²) in [5, 5.41) is 0.853. The van der Waals surface area contributed by atoms with Crippen molar-refractivity contribution in [3.63, 3.8) is 0 Å². The molecule has 2 unspecified atom stereocenters. The first-order valence-corrected chi connectivity index (χ1v) is 5.35. The van der Waals surface area contributed by atoms with Crippen LogP contribution in [0.5, 0.6) is 0 Å². The summed E-state index contributed by atoms with van der Waals surface area (Å²) in [6, 6.07) is 8.30. The van der Waals surface area contributed by atoms with Crippen molar-refractivity contribution in [1.82, 2.24) is 0 Å². The first kappa shape index (κ1) is 8.51. The van der Waals surface area contributed by atoms with E-state index in [0.29, 0.717) is 17.8 Å². The molecule has 3 rings (SSSR count). The van der Waals surface area contributed by atoms with E-state index in [1.165, 1.54) is 5.56 Å². The highest BCUT2D eigenvalue weighted by atomic mass is 35.5. The van der Waals surface area contributed by atoms with E-state index in [1.807, 2.05) is 18.2 Å². The molecule has 0 aromatic heterocycles. The minimum atomic E-state index is 0.268. The zero-order valence-corrected chi connectivity index (χ0v) is 8.48. The van der Waals surface area contributed by atoms with Gasteiger partial charge in [0.2, 0.25) is 0 Å². The number of halogens is 1. The lowest BCUT2D eigenvalue weighted by Gasteiger charge is -2.53. The van der Waals surface area contributed by atoms with Crippen molar-refractivity contribution >= 4 is 11.6 Å². The highest BCUT2D eigenvalue weighted by Gasteiger charge is 2.50. The molecule has 0 amide bonds. The zero-order chi connectivity index (χ0) is 9.71. The first-order valence-electron chi connectivity index (χ1n) is 4.97. The Morgan fingerprint density at radius 2 is 1.79 bits per heavy atom. The van der Waals surface area contributed by atoms with Crippen LogP contribution in [-0.4, -0.2) is 6.04 Å². The molecule has 1 saturated carbocycles. The molecule has 1 aromatic rings. The molecule has 1 aromatic carbocycles. The summed E-state index contributed by atoms with van der Waals surface area (Å²) in [6.07, 6.45) is 4.46. The quantitative estimate of drug-likeness (QED) is 0.701. The molecule has 1 nitrogen and oxygen atoms in total. The number of hydrogen-bond acceptors (Lipinski definition) is 1. The second kappa shape index (κ2) is 2.85. The monoisotopic (exact) mass is 205 g/mol. The third-order valence-corrected chi connectivity index (χ3v) is 3.88. The summed E-state index contributed by atoms with van der Waals surface area (Å²) in [7, 11) is 0. The predicted molar refractivity (Wildman–Crippen MR) is 58.3 cm³/mol. The molecule has 4 atom stereocenters. The van der Waals surface area contributed by atoms with E-state index in [2.05, 4.69) is 18.2 Å². The number of fused-ring (bicyclic) bond motifs is 1. The molecule has 2 aliphatic carbocycles. The Hall–Kier alpha value is -0.790. The molecular weight excluding hydrogens is 194 g/mol. The number of hydrogen-bond donors (Lipinski definition) is 1. The average Bonchev–Trinajstić information content (AvgIpc) is 2.14. The van der Waals surface area contributed by atoms with Crippen LogP contribution in [-0.2, 0) is 0 Å². The highest BCUT2D eigenvalue weighted by Crippen LogP contribution is 2.54. The zero-order valence-electron chi connectivity index (χ0n) is 7.73.